The van der Waals surface area contributed by atoms with E-state index in [1.807, 2.05) is 19.9 Å². The molecular weight excluding hydrogens is 240 g/mol. The zero-order valence-electron chi connectivity index (χ0n) is 9.84. The third kappa shape index (κ3) is 4.24. The molecule has 0 heterocycles. The quantitative estimate of drug-likeness (QED) is 0.464. The molecule has 0 aromatic heterocycles. The molecule has 0 aliphatic carbocycles. The second-order valence-corrected chi connectivity index (χ2v) is 5.13. The molecule has 94 valence electrons. The van der Waals surface area contributed by atoms with E-state index in [0.717, 1.165) is 10.6 Å². The smallest absolute Gasteiger partial charge is 0.272 e. The number of hydrogen-bond acceptors (Lipinski definition) is 5. The lowest BCUT2D eigenvalue weighted by molar-refractivity contribution is -0.385. The van der Waals surface area contributed by atoms with Crippen molar-refractivity contribution in [3.8, 4) is 0 Å². The average molecular weight is 256 g/mol. The molecule has 0 saturated carbocycles. The number of non-ortho nitro benzene ring substituents is 1. The van der Waals surface area contributed by atoms with E-state index in [1.165, 1.54) is 23.9 Å². The van der Waals surface area contributed by atoms with Crippen molar-refractivity contribution < 1.29 is 10.0 Å². The zero-order valence-corrected chi connectivity index (χ0v) is 10.7. The molecule has 1 unspecified atom stereocenters. The summed E-state index contributed by atoms with van der Waals surface area (Å²) in [5.74, 6) is 0. The number of aliphatic hydroxyl groups is 1. The number of nitro benzene ring substituents is 1. The van der Waals surface area contributed by atoms with Crippen LogP contribution in [-0.2, 0) is 0 Å². The highest BCUT2D eigenvalue weighted by atomic mass is 32.2. The van der Waals surface area contributed by atoms with Crippen LogP contribution in [0.4, 0.5) is 11.4 Å². The predicted octanol–water partition coefficient (Wildman–Crippen LogP) is 2.50. The first kappa shape index (κ1) is 13.8. The molecule has 2 N–H and O–H groups in total. The van der Waals surface area contributed by atoms with E-state index in [-0.39, 0.29) is 17.5 Å². The molecule has 0 amide bonds. The second-order valence-electron chi connectivity index (χ2n) is 3.61. The van der Waals surface area contributed by atoms with E-state index in [4.69, 9.17) is 5.11 Å². The van der Waals surface area contributed by atoms with Crippen LogP contribution in [-0.4, -0.2) is 28.4 Å². The van der Waals surface area contributed by atoms with E-state index in [0.29, 0.717) is 6.54 Å². The Hall–Kier alpha value is -1.27. The minimum atomic E-state index is -0.408. The molecule has 0 aliphatic heterocycles. The first-order valence-electron chi connectivity index (χ1n) is 5.37. The second kappa shape index (κ2) is 6.46. The van der Waals surface area contributed by atoms with E-state index < -0.39 is 4.92 Å². The minimum absolute atomic E-state index is 0.0199. The molecule has 0 fully saturated rings. The van der Waals surface area contributed by atoms with Crippen LogP contribution in [0.1, 0.15) is 13.8 Å². The molecule has 0 aliphatic rings. The van der Waals surface area contributed by atoms with Gasteiger partial charge in [-0.25, -0.2) is 0 Å². The number of nitrogens with one attached hydrogen (secondary N) is 1. The number of aliphatic hydroxyl groups excluding tert-OH is 1. The van der Waals surface area contributed by atoms with Gasteiger partial charge in [0, 0.05) is 34.5 Å². The molecule has 1 aromatic rings. The van der Waals surface area contributed by atoms with Crippen molar-refractivity contribution in [3.05, 3.63) is 28.3 Å². The van der Waals surface area contributed by atoms with Gasteiger partial charge in [-0.05, 0) is 13.0 Å². The Kier molecular flexibility index (Phi) is 5.24. The summed E-state index contributed by atoms with van der Waals surface area (Å²) < 4.78 is 0. The van der Waals surface area contributed by atoms with Gasteiger partial charge in [0.05, 0.1) is 11.5 Å². The SMILES string of the molecule is CCNc1cc(SC(C)CO)cc([N+](=O)[O-])c1. The van der Waals surface area contributed by atoms with Crippen LogP contribution in [0.2, 0.25) is 0 Å². The van der Waals surface area contributed by atoms with Crippen molar-refractivity contribution in [1.29, 1.82) is 0 Å². The van der Waals surface area contributed by atoms with Crippen molar-refractivity contribution in [2.24, 2.45) is 0 Å². The van der Waals surface area contributed by atoms with Gasteiger partial charge in [-0.2, -0.15) is 0 Å². The molecular formula is C11H16N2O3S. The average Bonchev–Trinajstić information content (AvgIpc) is 2.29. The van der Waals surface area contributed by atoms with Crippen molar-refractivity contribution in [3.63, 3.8) is 0 Å². The topological polar surface area (TPSA) is 75.4 Å². The Labute approximate surface area is 104 Å². The predicted molar refractivity (Wildman–Crippen MR) is 69.7 cm³/mol. The minimum Gasteiger partial charge on any atom is -0.395 e. The van der Waals surface area contributed by atoms with Crippen LogP contribution in [0.3, 0.4) is 0 Å². The van der Waals surface area contributed by atoms with E-state index >= 15 is 0 Å². The molecule has 17 heavy (non-hydrogen) atoms. The fourth-order valence-electron chi connectivity index (χ4n) is 1.33. The molecule has 5 nitrogen and oxygen atoms in total. The number of nitro groups is 1. The number of anilines is 1. The van der Waals surface area contributed by atoms with Crippen LogP contribution >= 0.6 is 11.8 Å². The molecule has 0 saturated heterocycles. The van der Waals surface area contributed by atoms with Crippen molar-refractivity contribution in [2.45, 2.75) is 24.0 Å². The summed E-state index contributed by atoms with van der Waals surface area (Å²) in [4.78, 5) is 11.2. The number of thioether (sulfide) groups is 1. The largest absolute Gasteiger partial charge is 0.395 e. The lowest BCUT2D eigenvalue weighted by Crippen LogP contribution is -2.03. The van der Waals surface area contributed by atoms with Gasteiger partial charge in [0.15, 0.2) is 0 Å². The molecule has 1 atom stereocenters. The number of nitrogens with zero attached hydrogens (tertiary/aromatic N) is 1. The molecule has 1 rings (SSSR count). The maximum absolute atomic E-state index is 10.8. The van der Waals surface area contributed by atoms with Gasteiger partial charge >= 0.3 is 0 Å². The molecule has 0 radical (unpaired) electrons. The standard InChI is InChI=1S/C11H16N2O3S/c1-3-12-9-4-10(13(15)16)6-11(5-9)17-8(2)7-14/h4-6,8,12,14H,3,7H2,1-2H3. The lowest BCUT2D eigenvalue weighted by Gasteiger charge is -2.10. The molecule has 0 bridgehead atoms. The summed E-state index contributed by atoms with van der Waals surface area (Å²) in [6.45, 7) is 4.56. The molecule has 0 spiro atoms. The number of benzene rings is 1. The van der Waals surface area contributed by atoms with Crippen molar-refractivity contribution >= 4 is 23.1 Å². The van der Waals surface area contributed by atoms with Gasteiger partial charge in [0.2, 0.25) is 0 Å². The summed E-state index contributed by atoms with van der Waals surface area (Å²) >= 11 is 1.42. The maximum atomic E-state index is 10.8. The van der Waals surface area contributed by atoms with Gasteiger partial charge in [-0.1, -0.05) is 6.92 Å². The van der Waals surface area contributed by atoms with Gasteiger partial charge in [0.1, 0.15) is 0 Å². The van der Waals surface area contributed by atoms with Crippen LogP contribution in [0.25, 0.3) is 0 Å². The number of hydrogen-bond donors (Lipinski definition) is 2. The van der Waals surface area contributed by atoms with E-state index in [1.54, 1.807) is 0 Å². The Bertz CT molecular complexity index is 398. The highest BCUT2D eigenvalue weighted by molar-refractivity contribution is 8.00. The van der Waals surface area contributed by atoms with Crippen LogP contribution in [0.5, 0.6) is 0 Å². The summed E-state index contributed by atoms with van der Waals surface area (Å²) in [5, 5.41) is 22.8. The Morgan fingerprint density at radius 1 is 1.53 bits per heavy atom. The zero-order chi connectivity index (χ0) is 12.8. The van der Waals surface area contributed by atoms with Gasteiger partial charge in [-0.3, -0.25) is 10.1 Å². The Morgan fingerprint density at radius 2 is 2.24 bits per heavy atom. The van der Waals surface area contributed by atoms with E-state index in [2.05, 4.69) is 5.32 Å². The van der Waals surface area contributed by atoms with Crippen LogP contribution in [0, 0.1) is 10.1 Å². The van der Waals surface area contributed by atoms with E-state index in [9.17, 15) is 10.1 Å². The summed E-state index contributed by atoms with van der Waals surface area (Å²) in [6, 6.07) is 4.89. The first-order chi connectivity index (χ1) is 8.06. The maximum Gasteiger partial charge on any atom is 0.272 e. The third-order valence-electron chi connectivity index (χ3n) is 2.08. The highest BCUT2D eigenvalue weighted by Gasteiger charge is 2.11. The van der Waals surface area contributed by atoms with Gasteiger partial charge in [0.25, 0.3) is 5.69 Å². The Balaban J connectivity index is 2.99. The summed E-state index contributed by atoms with van der Waals surface area (Å²) in [6.07, 6.45) is 0. The van der Waals surface area contributed by atoms with Crippen molar-refractivity contribution in [2.75, 3.05) is 18.5 Å². The van der Waals surface area contributed by atoms with Gasteiger partial charge < -0.3 is 10.4 Å². The fourth-order valence-corrected chi connectivity index (χ4v) is 2.26. The van der Waals surface area contributed by atoms with Gasteiger partial charge in [-0.15, -0.1) is 11.8 Å². The van der Waals surface area contributed by atoms with Crippen molar-refractivity contribution in [1.82, 2.24) is 0 Å². The fraction of sp³-hybridized carbons (Fsp3) is 0.455. The summed E-state index contributed by atoms with van der Waals surface area (Å²) in [7, 11) is 0. The third-order valence-corrected chi connectivity index (χ3v) is 3.14. The number of rotatable bonds is 6. The monoisotopic (exact) mass is 256 g/mol. The van der Waals surface area contributed by atoms with Crippen LogP contribution < -0.4 is 5.32 Å². The lowest BCUT2D eigenvalue weighted by atomic mass is 10.3. The van der Waals surface area contributed by atoms with Crippen LogP contribution in [0.15, 0.2) is 23.1 Å². The molecule has 1 aromatic carbocycles. The first-order valence-corrected chi connectivity index (χ1v) is 6.25. The molecule has 6 heteroatoms. The summed E-state index contributed by atoms with van der Waals surface area (Å²) in [5.41, 5.74) is 0.797. The normalized spacial score (nSPS) is 12.2. The Morgan fingerprint density at radius 3 is 2.76 bits per heavy atom. The highest BCUT2D eigenvalue weighted by Crippen LogP contribution is 2.30.